The highest BCUT2D eigenvalue weighted by Crippen LogP contribution is 2.27. The first-order chi connectivity index (χ1) is 7.93. The molecule has 0 bridgehead atoms. The monoisotopic (exact) mass is 258 g/mol. The van der Waals surface area contributed by atoms with Gasteiger partial charge in [-0.25, -0.2) is 0 Å². The van der Waals surface area contributed by atoms with Crippen LogP contribution >= 0.6 is 11.6 Å². The lowest BCUT2D eigenvalue weighted by Crippen LogP contribution is -2.30. The van der Waals surface area contributed by atoms with Crippen molar-refractivity contribution in [3.05, 3.63) is 38.9 Å². The van der Waals surface area contributed by atoms with Crippen molar-refractivity contribution in [3.8, 4) is 0 Å². The Kier molecular flexibility index (Phi) is 4.42. The summed E-state index contributed by atoms with van der Waals surface area (Å²) in [5, 5.41) is 21.8. The minimum atomic E-state index is -0.698. The van der Waals surface area contributed by atoms with Crippen LogP contribution in [0.25, 0.3) is 0 Å². The summed E-state index contributed by atoms with van der Waals surface area (Å²) >= 11 is 5.75. The quantitative estimate of drug-likeness (QED) is 0.630. The van der Waals surface area contributed by atoms with Crippen LogP contribution in [-0.2, 0) is 0 Å². The smallest absolute Gasteiger partial charge is 0.288 e. The minimum Gasteiger partial charge on any atom is -0.392 e. The van der Waals surface area contributed by atoms with E-state index < -0.39 is 16.9 Å². The van der Waals surface area contributed by atoms with Crippen LogP contribution in [0.15, 0.2) is 18.2 Å². The van der Waals surface area contributed by atoms with Crippen molar-refractivity contribution in [2.75, 3.05) is 6.54 Å². The first-order valence-electron chi connectivity index (χ1n) is 4.82. The Hall–Kier alpha value is -1.66. The van der Waals surface area contributed by atoms with Crippen molar-refractivity contribution in [2.24, 2.45) is 0 Å². The number of nitro benzene ring substituents is 1. The number of nitrogens with zero attached hydrogens (tertiary/aromatic N) is 1. The Labute approximate surface area is 102 Å². The first kappa shape index (κ1) is 13.4. The fraction of sp³-hybridized carbons (Fsp3) is 0.300. The van der Waals surface area contributed by atoms with Gasteiger partial charge in [-0.15, -0.1) is 0 Å². The van der Waals surface area contributed by atoms with Crippen LogP contribution in [0.2, 0.25) is 5.02 Å². The first-order valence-corrected chi connectivity index (χ1v) is 5.20. The van der Waals surface area contributed by atoms with Crippen LogP contribution in [0, 0.1) is 10.1 Å². The fourth-order valence-electron chi connectivity index (χ4n) is 1.17. The largest absolute Gasteiger partial charge is 0.392 e. The van der Waals surface area contributed by atoms with Crippen molar-refractivity contribution in [3.63, 3.8) is 0 Å². The zero-order chi connectivity index (χ0) is 13.0. The van der Waals surface area contributed by atoms with Crippen LogP contribution in [0.5, 0.6) is 0 Å². The standard InChI is InChI=1S/C10H11ClN2O4/c1-6(14)5-12-10(15)7-3-2-4-8(9(7)11)13(16)17/h2-4,6,14H,5H2,1H3,(H,12,15)/t6-/m1/s1. The van der Waals surface area contributed by atoms with Gasteiger partial charge in [0.15, 0.2) is 0 Å². The summed E-state index contributed by atoms with van der Waals surface area (Å²) in [6.45, 7) is 1.56. The number of halogens is 1. The van der Waals surface area contributed by atoms with Crippen LogP contribution < -0.4 is 5.32 Å². The van der Waals surface area contributed by atoms with Gasteiger partial charge in [-0.1, -0.05) is 17.7 Å². The number of hydrogen-bond donors (Lipinski definition) is 2. The number of amides is 1. The maximum absolute atomic E-state index is 11.6. The molecular weight excluding hydrogens is 248 g/mol. The molecule has 6 nitrogen and oxygen atoms in total. The molecule has 1 amide bonds. The van der Waals surface area contributed by atoms with Crippen molar-refractivity contribution < 1.29 is 14.8 Å². The second-order valence-corrected chi connectivity index (χ2v) is 3.83. The van der Waals surface area contributed by atoms with Gasteiger partial charge in [0.25, 0.3) is 11.6 Å². The summed E-state index contributed by atoms with van der Waals surface area (Å²) in [6, 6.07) is 3.97. The lowest BCUT2D eigenvalue weighted by molar-refractivity contribution is -0.384. The zero-order valence-electron chi connectivity index (χ0n) is 9.01. The molecule has 2 N–H and O–H groups in total. The van der Waals surface area contributed by atoms with Crippen LogP contribution in [0.3, 0.4) is 0 Å². The second-order valence-electron chi connectivity index (χ2n) is 3.45. The van der Waals surface area contributed by atoms with Crippen LogP contribution in [0.1, 0.15) is 17.3 Å². The second kappa shape index (κ2) is 5.60. The van der Waals surface area contributed by atoms with Crippen molar-refractivity contribution in [1.29, 1.82) is 0 Å². The summed E-state index contributed by atoms with van der Waals surface area (Å²) in [7, 11) is 0. The SMILES string of the molecule is C[C@@H](O)CNC(=O)c1cccc([N+](=O)[O-])c1Cl. The molecular formula is C10H11ClN2O4. The van der Waals surface area contributed by atoms with E-state index in [4.69, 9.17) is 16.7 Å². The average Bonchev–Trinajstić information content (AvgIpc) is 2.25. The molecule has 1 aromatic carbocycles. The topological polar surface area (TPSA) is 92.5 Å². The molecule has 0 aromatic heterocycles. The zero-order valence-corrected chi connectivity index (χ0v) is 9.77. The molecule has 0 fully saturated rings. The van der Waals surface area contributed by atoms with Crippen molar-refractivity contribution in [1.82, 2.24) is 5.32 Å². The van der Waals surface area contributed by atoms with E-state index in [0.717, 1.165) is 0 Å². The molecule has 0 saturated carbocycles. The molecule has 0 radical (unpaired) electrons. The Bertz CT molecular complexity index is 448. The van der Waals surface area contributed by atoms with Gasteiger partial charge in [-0.05, 0) is 13.0 Å². The molecule has 0 saturated heterocycles. The van der Waals surface area contributed by atoms with E-state index in [-0.39, 0.29) is 22.8 Å². The molecule has 1 atom stereocenters. The van der Waals surface area contributed by atoms with Crippen molar-refractivity contribution in [2.45, 2.75) is 13.0 Å². The summed E-state index contributed by atoms with van der Waals surface area (Å²) < 4.78 is 0. The van der Waals surface area contributed by atoms with Crippen LogP contribution in [-0.4, -0.2) is 28.6 Å². The number of nitro groups is 1. The van der Waals surface area contributed by atoms with E-state index in [9.17, 15) is 14.9 Å². The number of aliphatic hydroxyl groups excluding tert-OH is 1. The Morgan fingerprint density at radius 3 is 2.82 bits per heavy atom. The lowest BCUT2D eigenvalue weighted by Gasteiger charge is -2.08. The lowest BCUT2D eigenvalue weighted by atomic mass is 10.2. The molecule has 0 aliphatic carbocycles. The molecule has 0 unspecified atom stereocenters. The van der Waals surface area contributed by atoms with E-state index in [1.165, 1.54) is 25.1 Å². The number of rotatable bonds is 4. The van der Waals surface area contributed by atoms with Gasteiger partial charge in [0, 0.05) is 12.6 Å². The number of carbonyl (C=O) groups is 1. The third-order valence-corrected chi connectivity index (χ3v) is 2.37. The third kappa shape index (κ3) is 3.40. The van der Waals surface area contributed by atoms with Gasteiger partial charge in [0.05, 0.1) is 16.6 Å². The predicted octanol–water partition coefficient (Wildman–Crippen LogP) is 1.36. The Balaban J connectivity index is 2.95. The molecule has 7 heteroatoms. The highest BCUT2D eigenvalue weighted by atomic mass is 35.5. The molecule has 0 aliphatic rings. The maximum atomic E-state index is 11.6. The molecule has 17 heavy (non-hydrogen) atoms. The number of hydrogen-bond acceptors (Lipinski definition) is 4. The number of nitrogens with one attached hydrogen (secondary N) is 1. The van der Waals surface area contributed by atoms with Gasteiger partial charge < -0.3 is 10.4 Å². The summed E-state index contributed by atoms with van der Waals surface area (Å²) in [4.78, 5) is 21.6. The average molecular weight is 259 g/mol. The molecule has 0 spiro atoms. The minimum absolute atomic E-state index is 0.0153. The van der Waals surface area contributed by atoms with Gasteiger partial charge in [0.1, 0.15) is 5.02 Å². The third-order valence-electron chi connectivity index (χ3n) is 1.98. The fourth-order valence-corrected chi connectivity index (χ4v) is 1.45. The highest BCUT2D eigenvalue weighted by Gasteiger charge is 2.19. The van der Waals surface area contributed by atoms with E-state index in [0.29, 0.717) is 0 Å². The van der Waals surface area contributed by atoms with E-state index in [2.05, 4.69) is 5.32 Å². The van der Waals surface area contributed by atoms with E-state index in [1.54, 1.807) is 0 Å². The molecule has 0 aliphatic heterocycles. The van der Waals surface area contributed by atoms with Gasteiger partial charge in [-0.3, -0.25) is 14.9 Å². The Morgan fingerprint density at radius 1 is 1.65 bits per heavy atom. The number of aliphatic hydroxyl groups is 1. The highest BCUT2D eigenvalue weighted by molar-refractivity contribution is 6.35. The Morgan fingerprint density at radius 2 is 2.29 bits per heavy atom. The summed E-state index contributed by atoms with van der Waals surface area (Å²) in [5.74, 6) is -0.556. The summed E-state index contributed by atoms with van der Waals surface area (Å²) in [6.07, 6.45) is -0.698. The van der Waals surface area contributed by atoms with E-state index >= 15 is 0 Å². The normalized spacial score (nSPS) is 11.9. The van der Waals surface area contributed by atoms with Crippen molar-refractivity contribution >= 4 is 23.2 Å². The number of carbonyl (C=O) groups excluding carboxylic acids is 1. The molecule has 1 aromatic rings. The van der Waals surface area contributed by atoms with E-state index in [1.807, 2.05) is 0 Å². The molecule has 1 rings (SSSR count). The number of benzene rings is 1. The molecule has 0 heterocycles. The maximum Gasteiger partial charge on any atom is 0.288 e. The van der Waals surface area contributed by atoms with Crippen LogP contribution in [0.4, 0.5) is 5.69 Å². The predicted molar refractivity (Wildman–Crippen MR) is 62.1 cm³/mol. The summed E-state index contributed by atoms with van der Waals surface area (Å²) in [5.41, 5.74) is -0.308. The van der Waals surface area contributed by atoms with Gasteiger partial charge >= 0.3 is 0 Å². The van der Waals surface area contributed by atoms with Gasteiger partial charge in [0.2, 0.25) is 0 Å². The molecule has 92 valence electrons. The van der Waals surface area contributed by atoms with Gasteiger partial charge in [-0.2, -0.15) is 0 Å².